The van der Waals surface area contributed by atoms with Crippen LogP contribution < -0.4 is 37.6 Å². The zero-order valence-corrected chi connectivity index (χ0v) is 23.6. The number of methoxy groups -OCH3 is 1. The standard InChI is InChI=1S/C8H12N4OS.C7H10N4OS.C7H8N4S/c1-13-7(10)6-2-11-8(14-6)12-3-5(9)4-12;8-4-2-11(3-4)7-10-1-5(13-7)6(9)12;8-1-6-2-10-7(12-6)11-3-5(9)4-11/h2,5,10H,3-4,9H2,1H3;1,4H,2-3,8H2,(H2,9,12);2,5H,3-4,9H2. The van der Waals surface area contributed by atoms with E-state index in [4.69, 9.17) is 38.3 Å². The number of aromatic nitrogens is 3. The summed E-state index contributed by atoms with van der Waals surface area (Å²) in [6.07, 6.45) is 4.77. The maximum Gasteiger partial charge on any atom is 0.260 e. The van der Waals surface area contributed by atoms with E-state index in [1.807, 2.05) is 4.90 Å². The van der Waals surface area contributed by atoms with E-state index in [0.29, 0.717) is 9.75 Å². The molecule has 3 aliphatic heterocycles. The van der Waals surface area contributed by atoms with Crippen molar-refractivity contribution in [2.75, 3.05) is 61.1 Å². The number of rotatable bonds is 5. The molecule has 3 aromatic heterocycles. The van der Waals surface area contributed by atoms with Crippen molar-refractivity contribution >= 4 is 61.2 Å². The van der Waals surface area contributed by atoms with Crippen molar-refractivity contribution in [1.29, 1.82) is 10.7 Å². The molecular weight excluding hydrogens is 561 g/mol. The highest BCUT2D eigenvalue weighted by Gasteiger charge is 2.27. The Morgan fingerprint density at radius 3 is 1.64 bits per heavy atom. The highest BCUT2D eigenvalue weighted by molar-refractivity contribution is 7.17. The van der Waals surface area contributed by atoms with E-state index in [1.165, 1.54) is 47.3 Å². The molecule has 0 spiro atoms. The van der Waals surface area contributed by atoms with Gasteiger partial charge >= 0.3 is 0 Å². The molecule has 0 saturated carbocycles. The van der Waals surface area contributed by atoms with Crippen molar-refractivity contribution in [2.45, 2.75) is 18.1 Å². The number of nitrogens with one attached hydrogen (secondary N) is 1. The Kier molecular flexibility index (Phi) is 9.27. The first-order valence-corrected chi connectivity index (χ1v) is 14.3. The van der Waals surface area contributed by atoms with Crippen LogP contribution in [-0.2, 0) is 4.74 Å². The second kappa shape index (κ2) is 12.6. The van der Waals surface area contributed by atoms with Crippen LogP contribution in [0.15, 0.2) is 18.6 Å². The Balaban J connectivity index is 0.000000136. The maximum absolute atomic E-state index is 10.8. The molecule has 39 heavy (non-hydrogen) atoms. The van der Waals surface area contributed by atoms with Gasteiger partial charge in [0, 0.05) is 57.4 Å². The van der Waals surface area contributed by atoms with Crippen molar-refractivity contribution in [2.24, 2.45) is 22.9 Å². The molecule has 17 heteroatoms. The van der Waals surface area contributed by atoms with E-state index in [0.717, 1.165) is 59.5 Å². The molecule has 6 heterocycles. The third-order valence-electron chi connectivity index (χ3n) is 5.80. The van der Waals surface area contributed by atoms with Crippen molar-refractivity contribution in [3.05, 3.63) is 33.2 Å². The first kappa shape index (κ1) is 28.6. The van der Waals surface area contributed by atoms with Crippen LogP contribution in [0.5, 0.6) is 0 Å². The first-order chi connectivity index (χ1) is 18.7. The van der Waals surface area contributed by atoms with Gasteiger partial charge in [-0.3, -0.25) is 10.2 Å². The van der Waals surface area contributed by atoms with Crippen LogP contribution in [0, 0.1) is 16.7 Å². The van der Waals surface area contributed by atoms with Gasteiger partial charge in [0.1, 0.15) is 20.7 Å². The number of carbonyl (C=O) groups excluding carboxylic acids is 1. The Labute approximate surface area is 237 Å². The van der Waals surface area contributed by atoms with E-state index < -0.39 is 5.91 Å². The molecule has 0 radical (unpaired) electrons. The number of hydrogen-bond donors (Lipinski definition) is 5. The van der Waals surface area contributed by atoms with Gasteiger partial charge in [0.2, 0.25) is 5.90 Å². The predicted octanol–water partition coefficient (Wildman–Crippen LogP) is -0.186. The second-order valence-corrected chi connectivity index (χ2v) is 12.1. The Morgan fingerprint density at radius 2 is 1.28 bits per heavy atom. The number of ether oxygens (including phenoxy) is 1. The van der Waals surface area contributed by atoms with E-state index in [2.05, 4.69) is 30.8 Å². The molecule has 3 aromatic rings. The Bertz CT molecular complexity index is 1320. The van der Waals surface area contributed by atoms with Gasteiger partial charge in [-0.05, 0) is 0 Å². The van der Waals surface area contributed by atoms with Crippen LogP contribution in [0.1, 0.15) is 19.4 Å². The average molecular weight is 591 g/mol. The van der Waals surface area contributed by atoms with Gasteiger partial charge < -0.3 is 42.4 Å². The van der Waals surface area contributed by atoms with Crippen LogP contribution in [0.25, 0.3) is 0 Å². The van der Waals surface area contributed by atoms with Gasteiger partial charge in [-0.2, -0.15) is 5.26 Å². The summed E-state index contributed by atoms with van der Waals surface area (Å²) < 4.78 is 4.81. The Hall–Kier alpha value is -3.40. The lowest BCUT2D eigenvalue weighted by molar-refractivity contribution is 0.100. The zero-order chi connectivity index (χ0) is 28.1. The number of nitriles is 1. The number of primary amides is 1. The average Bonchev–Trinajstić information content (AvgIpc) is 3.64. The normalized spacial score (nSPS) is 16.9. The Morgan fingerprint density at radius 1 is 0.872 bits per heavy atom. The molecule has 3 aliphatic rings. The fourth-order valence-electron chi connectivity index (χ4n) is 3.61. The van der Waals surface area contributed by atoms with Gasteiger partial charge in [0.25, 0.3) is 5.91 Å². The van der Waals surface area contributed by atoms with E-state index >= 15 is 0 Å². The number of nitrogens with zero attached hydrogens (tertiary/aromatic N) is 7. The molecule has 0 unspecified atom stereocenters. The molecule has 6 rings (SSSR count). The van der Waals surface area contributed by atoms with Crippen molar-refractivity contribution < 1.29 is 9.53 Å². The van der Waals surface area contributed by atoms with Crippen molar-refractivity contribution in [3.63, 3.8) is 0 Å². The van der Waals surface area contributed by atoms with Crippen LogP contribution >= 0.6 is 34.0 Å². The number of nitrogens with two attached hydrogens (primary N) is 4. The SMILES string of the molecule is COC(=N)c1cnc(N2CC(N)C2)s1.N#Cc1cnc(N2CC(N)C2)s1.NC(=O)c1cnc(N2CC(N)C2)s1. The lowest BCUT2D eigenvalue weighted by atomic mass is 10.1. The molecule has 14 nitrogen and oxygen atoms in total. The minimum Gasteiger partial charge on any atom is -0.480 e. The van der Waals surface area contributed by atoms with E-state index in [-0.39, 0.29) is 24.0 Å². The minimum absolute atomic E-state index is 0.165. The third-order valence-corrected chi connectivity index (χ3v) is 8.89. The summed E-state index contributed by atoms with van der Waals surface area (Å²) in [6.45, 7) is 5.05. The number of amides is 1. The summed E-state index contributed by atoms with van der Waals surface area (Å²) in [5.41, 5.74) is 22.0. The van der Waals surface area contributed by atoms with Gasteiger partial charge in [-0.15, -0.1) is 0 Å². The van der Waals surface area contributed by atoms with Crippen molar-refractivity contribution in [3.8, 4) is 6.07 Å². The minimum atomic E-state index is -0.423. The summed E-state index contributed by atoms with van der Waals surface area (Å²) >= 11 is 4.19. The third kappa shape index (κ3) is 7.17. The molecule has 3 fully saturated rings. The quantitative estimate of drug-likeness (QED) is 0.192. The predicted molar refractivity (Wildman–Crippen MR) is 154 cm³/mol. The second-order valence-electron chi connectivity index (χ2n) is 9.03. The van der Waals surface area contributed by atoms with Crippen LogP contribution in [0.4, 0.5) is 15.4 Å². The van der Waals surface area contributed by atoms with Gasteiger partial charge in [0.15, 0.2) is 15.4 Å². The number of thiazole rings is 3. The van der Waals surface area contributed by atoms with E-state index in [1.54, 1.807) is 12.4 Å². The zero-order valence-electron chi connectivity index (χ0n) is 21.2. The highest BCUT2D eigenvalue weighted by atomic mass is 32.1. The molecule has 0 atom stereocenters. The summed E-state index contributed by atoms with van der Waals surface area (Å²) in [6, 6.07) is 2.84. The maximum atomic E-state index is 10.8. The topological polar surface area (TPSA) is 226 Å². The summed E-state index contributed by atoms with van der Waals surface area (Å²) in [4.78, 5) is 31.3. The number of anilines is 3. The molecule has 0 aromatic carbocycles. The largest absolute Gasteiger partial charge is 0.480 e. The number of carbonyl (C=O) groups is 1. The molecular formula is C22H30N12O2S3. The van der Waals surface area contributed by atoms with Crippen LogP contribution in [0.2, 0.25) is 0 Å². The molecule has 208 valence electrons. The van der Waals surface area contributed by atoms with Gasteiger partial charge in [-0.25, -0.2) is 15.0 Å². The monoisotopic (exact) mass is 590 g/mol. The highest BCUT2D eigenvalue weighted by Crippen LogP contribution is 2.27. The van der Waals surface area contributed by atoms with Crippen molar-refractivity contribution in [1.82, 2.24) is 15.0 Å². The summed E-state index contributed by atoms with van der Waals surface area (Å²) in [7, 11) is 1.49. The molecule has 3 saturated heterocycles. The lowest BCUT2D eigenvalue weighted by Crippen LogP contribution is -2.55. The lowest BCUT2D eigenvalue weighted by Gasteiger charge is -2.36. The first-order valence-electron chi connectivity index (χ1n) is 11.9. The fourth-order valence-corrected chi connectivity index (χ4v) is 5.99. The summed E-state index contributed by atoms with van der Waals surface area (Å²) in [5, 5.41) is 18.7. The van der Waals surface area contributed by atoms with E-state index in [9.17, 15) is 4.79 Å². The fraction of sp³-hybridized carbons (Fsp3) is 0.455. The molecule has 0 aliphatic carbocycles. The molecule has 9 N–H and O–H groups in total. The smallest absolute Gasteiger partial charge is 0.260 e. The van der Waals surface area contributed by atoms with Crippen LogP contribution in [0.3, 0.4) is 0 Å². The molecule has 1 amide bonds. The van der Waals surface area contributed by atoms with Gasteiger partial charge in [0.05, 0.1) is 25.7 Å². The van der Waals surface area contributed by atoms with Gasteiger partial charge in [-0.1, -0.05) is 34.0 Å². The number of hydrogen-bond acceptors (Lipinski definition) is 16. The van der Waals surface area contributed by atoms with Crippen LogP contribution in [-0.4, -0.2) is 91.3 Å². The molecule has 0 bridgehead atoms. The summed E-state index contributed by atoms with van der Waals surface area (Å²) in [5.74, 6) is -0.257.